The normalized spacial score (nSPS) is 12.5. The Bertz CT molecular complexity index is 354. The monoisotopic (exact) mass is 203 g/mol. The topological polar surface area (TPSA) is 20.3 Å². The van der Waals surface area contributed by atoms with Gasteiger partial charge in [0.25, 0.3) is 0 Å². The van der Waals surface area contributed by atoms with Crippen LogP contribution in [0, 0.1) is 0 Å². The summed E-state index contributed by atoms with van der Waals surface area (Å²) in [6, 6.07) is 9.54. The third-order valence-electron chi connectivity index (χ3n) is 2.30. The number of likely N-dealkylation sites (N-methyl/N-ethyl adjacent to an activating group) is 1. The Morgan fingerprint density at radius 3 is 2.20 bits per heavy atom. The second-order valence-electron chi connectivity index (χ2n) is 3.92. The molecule has 80 valence electrons. The summed E-state index contributed by atoms with van der Waals surface area (Å²) in [5.74, 6) is 0.0752. The minimum absolute atomic E-state index is 0.0752. The fourth-order valence-electron chi connectivity index (χ4n) is 1.55. The average Bonchev–Trinajstić information content (AvgIpc) is 2.18. The van der Waals surface area contributed by atoms with Gasteiger partial charge in [-0.1, -0.05) is 36.9 Å². The standard InChI is InChI=1S/C13H17NO/c1-10(2)13(15)12(14(3)4)11-8-6-5-7-9-11/h5-9,12H,1H2,2-4H3. The Balaban J connectivity index is 3.04. The van der Waals surface area contributed by atoms with Crippen LogP contribution in [0.2, 0.25) is 0 Å². The van der Waals surface area contributed by atoms with Gasteiger partial charge in [0.15, 0.2) is 5.78 Å². The molecule has 1 rings (SSSR count). The Morgan fingerprint density at radius 1 is 1.27 bits per heavy atom. The summed E-state index contributed by atoms with van der Waals surface area (Å²) >= 11 is 0. The molecule has 0 aliphatic rings. The molecule has 0 heterocycles. The van der Waals surface area contributed by atoms with Crippen molar-refractivity contribution in [2.45, 2.75) is 13.0 Å². The number of hydrogen-bond donors (Lipinski definition) is 0. The molecular formula is C13H17NO. The first kappa shape index (κ1) is 11.7. The highest BCUT2D eigenvalue weighted by molar-refractivity contribution is 5.98. The van der Waals surface area contributed by atoms with Crippen LogP contribution in [0.25, 0.3) is 0 Å². The van der Waals surface area contributed by atoms with Crippen molar-refractivity contribution in [2.75, 3.05) is 14.1 Å². The van der Waals surface area contributed by atoms with Crippen molar-refractivity contribution in [1.82, 2.24) is 4.90 Å². The van der Waals surface area contributed by atoms with Crippen molar-refractivity contribution in [3.63, 3.8) is 0 Å². The SMILES string of the molecule is C=C(C)C(=O)C(c1ccccc1)N(C)C. The minimum Gasteiger partial charge on any atom is -0.296 e. The van der Waals surface area contributed by atoms with Crippen LogP contribution >= 0.6 is 0 Å². The van der Waals surface area contributed by atoms with Gasteiger partial charge in [0.1, 0.15) is 0 Å². The highest BCUT2D eigenvalue weighted by Crippen LogP contribution is 2.21. The van der Waals surface area contributed by atoms with Crippen molar-refractivity contribution in [2.24, 2.45) is 0 Å². The summed E-state index contributed by atoms with van der Waals surface area (Å²) < 4.78 is 0. The highest BCUT2D eigenvalue weighted by Gasteiger charge is 2.22. The number of rotatable bonds is 4. The van der Waals surface area contributed by atoms with Crippen molar-refractivity contribution >= 4 is 5.78 Å². The Labute approximate surface area is 91.2 Å². The summed E-state index contributed by atoms with van der Waals surface area (Å²) in [7, 11) is 3.80. The van der Waals surface area contributed by atoms with E-state index in [4.69, 9.17) is 0 Å². The van der Waals surface area contributed by atoms with E-state index in [1.807, 2.05) is 49.3 Å². The Kier molecular flexibility index (Phi) is 3.81. The van der Waals surface area contributed by atoms with E-state index in [0.717, 1.165) is 5.56 Å². The van der Waals surface area contributed by atoms with Gasteiger partial charge in [-0.15, -0.1) is 0 Å². The van der Waals surface area contributed by atoms with E-state index in [2.05, 4.69) is 6.58 Å². The van der Waals surface area contributed by atoms with Crippen LogP contribution < -0.4 is 0 Å². The molecule has 1 unspecified atom stereocenters. The zero-order valence-corrected chi connectivity index (χ0v) is 9.53. The zero-order valence-electron chi connectivity index (χ0n) is 9.53. The quantitative estimate of drug-likeness (QED) is 0.700. The minimum atomic E-state index is -0.219. The molecule has 1 aromatic rings. The van der Waals surface area contributed by atoms with Gasteiger partial charge in [0.2, 0.25) is 0 Å². The number of benzene rings is 1. The van der Waals surface area contributed by atoms with E-state index in [-0.39, 0.29) is 11.8 Å². The molecule has 0 saturated heterocycles. The molecule has 2 heteroatoms. The predicted octanol–water partition coefficient (Wildman–Crippen LogP) is 2.43. The van der Waals surface area contributed by atoms with E-state index in [0.29, 0.717) is 5.57 Å². The van der Waals surface area contributed by atoms with Crippen LogP contribution in [0.1, 0.15) is 18.5 Å². The molecule has 1 atom stereocenters. The predicted molar refractivity (Wildman–Crippen MR) is 62.7 cm³/mol. The third kappa shape index (κ3) is 2.77. The fraction of sp³-hybridized carbons (Fsp3) is 0.308. The van der Waals surface area contributed by atoms with Crippen LogP contribution in [0.15, 0.2) is 42.5 Å². The summed E-state index contributed by atoms with van der Waals surface area (Å²) in [5.41, 5.74) is 1.60. The largest absolute Gasteiger partial charge is 0.296 e. The number of Topliss-reactive ketones (excluding diaryl/α,β-unsaturated/α-hetero) is 1. The van der Waals surface area contributed by atoms with Crippen LogP contribution in [0.4, 0.5) is 0 Å². The molecule has 0 aliphatic carbocycles. The second-order valence-corrected chi connectivity index (χ2v) is 3.92. The number of carbonyl (C=O) groups is 1. The van der Waals surface area contributed by atoms with E-state index in [1.54, 1.807) is 6.92 Å². The first-order chi connectivity index (χ1) is 7.04. The van der Waals surface area contributed by atoms with Gasteiger partial charge in [-0.2, -0.15) is 0 Å². The lowest BCUT2D eigenvalue weighted by atomic mass is 9.98. The van der Waals surface area contributed by atoms with Gasteiger partial charge in [-0.3, -0.25) is 9.69 Å². The maximum Gasteiger partial charge on any atom is 0.179 e. The maximum absolute atomic E-state index is 11.9. The molecule has 0 aromatic heterocycles. The van der Waals surface area contributed by atoms with E-state index in [9.17, 15) is 4.79 Å². The van der Waals surface area contributed by atoms with Gasteiger partial charge in [0, 0.05) is 0 Å². The van der Waals surface area contributed by atoms with Crippen molar-refractivity contribution in [1.29, 1.82) is 0 Å². The Hall–Kier alpha value is -1.41. The molecule has 0 amide bonds. The van der Waals surface area contributed by atoms with E-state index >= 15 is 0 Å². The van der Waals surface area contributed by atoms with Crippen LogP contribution in [0.3, 0.4) is 0 Å². The number of hydrogen-bond acceptors (Lipinski definition) is 2. The average molecular weight is 203 g/mol. The first-order valence-corrected chi connectivity index (χ1v) is 4.95. The Morgan fingerprint density at radius 2 is 1.80 bits per heavy atom. The molecule has 15 heavy (non-hydrogen) atoms. The number of carbonyl (C=O) groups excluding carboxylic acids is 1. The third-order valence-corrected chi connectivity index (χ3v) is 2.30. The van der Waals surface area contributed by atoms with Crippen molar-refractivity contribution in [3.05, 3.63) is 48.0 Å². The molecule has 2 nitrogen and oxygen atoms in total. The fourth-order valence-corrected chi connectivity index (χ4v) is 1.55. The maximum atomic E-state index is 11.9. The summed E-state index contributed by atoms with van der Waals surface area (Å²) in [6.07, 6.45) is 0. The lowest BCUT2D eigenvalue weighted by molar-refractivity contribution is -0.119. The van der Waals surface area contributed by atoms with Gasteiger partial charge < -0.3 is 0 Å². The van der Waals surface area contributed by atoms with E-state index in [1.165, 1.54) is 0 Å². The summed E-state index contributed by atoms with van der Waals surface area (Å²) in [4.78, 5) is 13.9. The first-order valence-electron chi connectivity index (χ1n) is 4.95. The number of ketones is 1. The summed E-state index contributed by atoms with van der Waals surface area (Å²) in [5, 5.41) is 0. The molecule has 1 aromatic carbocycles. The van der Waals surface area contributed by atoms with Gasteiger partial charge >= 0.3 is 0 Å². The lowest BCUT2D eigenvalue weighted by Crippen LogP contribution is -2.28. The van der Waals surface area contributed by atoms with Crippen LogP contribution in [-0.2, 0) is 4.79 Å². The van der Waals surface area contributed by atoms with E-state index < -0.39 is 0 Å². The summed E-state index contributed by atoms with van der Waals surface area (Å²) in [6.45, 7) is 5.46. The van der Waals surface area contributed by atoms with Gasteiger partial charge in [0.05, 0.1) is 6.04 Å². The van der Waals surface area contributed by atoms with Crippen LogP contribution in [0.5, 0.6) is 0 Å². The van der Waals surface area contributed by atoms with Crippen molar-refractivity contribution < 1.29 is 4.79 Å². The molecular weight excluding hydrogens is 186 g/mol. The van der Waals surface area contributed by atoms with Gasteiger partial charge in [-0.05, 0) is 32.2 Å². The second kappa shape index (κ2) is 4.89. The molecule has 0 fully saturated rings. The molecule has 0 spiro atoms. The molecule has 0 N–H and O–H groups in total. The highest BCUT2D eigenvalue weighted by atomic mass is 16.1. The van der Waals surface area contributed by atoms with Crippen molar-refractivity contribution in [3.8, 4) is 0 Å². The molecule has 0 aliphatic heterocycles. The number of nitrogens with zero attached hydrogens (tertiary/aromatic N) is 1. The lowest BCUT2D eigenvalue weighted by Gasteiger charge is -2.23. The smallest absolute Gasteiger partial charge is 0.179 e. The molecule has 0 bridgehead atoms. The molecule has 0 radical (unpaired) electrons. The molecule has 0 saturated carbocycles. The zero-order chi connectivity index (χ0) is 11.4. The van der Waals surface area contributed by atoms with Crippen LogP contribution in [-0.4, -0.2) is 24.8 Å². The van der Waals surface area contributed by atoms with Gasteiger partial charge in [-0.25, -0.2) is 0 Å².